The van der Waals surface area contributed by atoms with Crippen molar-refractivity contribution in [3.63, 3.8) is 0 Å². The minimum Gasteiger partial charge on any atom is -0.496 e. The van der Waals surface area contributed by atoms with E-state index in [1.54, 1.807) is 12.1 Å². The van der Waals surface area contributed by atoms with Gasteiger partial charge in [0.1, 0.15) is 12.0 Å². The number of alkyl halides is 3. The van der Waals surface area contributed by atoms with Crippen LogP contribution < -0.4 is 19.5 Å². The highest BCUT2D eigenvalue weighted by Crippen LogP contribution is 2.33. The summed E-state index contributed by atoms with van der Waals surface area (Å²) in [6.45, 7) is -1.43. The molecule has 0 fully saturated rings. The molecule has 7 nitrogen and oxygen atoms in total. The van der Waals surface area contributed by atoms with Crippen LogP contribution in [0.3, 0.4) is 0 Å². The summed E-state index contributed by atoms with van der Waals surface area (Å²) in [7, 11) is 2.74. The van der Waals surface area contributed by atoms with Gasteiger partial charge in [-0.2, -0.15) is 13.2 Å². The normalized spacial score (nSPS) is 11.2. The molecule has 0 aliphatic carbocycles. The van der Waals surface area contributed by atoms with Crippen LogP contribution in [0.2, 0.25) is 5.02 Å². The van der Waals surface area contributed by atoms with E-state index in [9.17, 15) is 18.0 Å². The van der Waals surface area contributed by atoms with E-state index < -0.39 is 18.7 Å². The van der Waals surface area contributed by atoms with Crippen molar-refractivity contribution in [2.75, 3.05) is 20.8 Å². The second-order valence-corrected chi connectivity index (χ2v) is 6.88. The molecule has 170 valence electrons. The summed E-state index contributed by atoms with van der Waals surface area (Å²) in [5.41, 5.74) is 1.07. The minimum atomic E-state index is -4.50. The van der Waals surface area contributed by atoms with Crippen molar-refractivity contribution in [3.05, 3.63) is 58.9 Å². The molecule has 1 amide bonds. The summed E-state index contributed by atoms with van der Waals surface area (Å²) in [5.74, 6) is 0.0767. The molecule has 0 spiro atoms. The first-order valence-electron chi connectivity index (χ1n) is 9.14. The lowest BCUT2D eigenvalue weighted by Crippen LogP contribution is -2.23. The number of nitrogens with one attached hydrogen (secondary N) is 1. The fraction of sp³-hybridized carbons (Fsp3) is 0.238. The molecule has 0 saturated heterocycles. The molecule has 0 radical (unpaired) electrons. The highest BCUT2D eigenvalue weighted by Gasteiger charge is 2.29. The van der Waals surface area contributed by atoms with Gasteiger partial charge in [0, 0.05) is 10.6 Å². The Morgan fingerprint density at radius 1 is 1.09 bits per heavy atom. The van der Waals surface area contributed by atoms with Crippen LogP contribution >= 0.6 is 11.6 Å². The maximum absolute atomic E-state index is 12.5. The Balaban J connectivity index is 1.71. The molecule has 1 aromatic heterocycles. The Labute approximate surface area is 186 Å². The van der Waals surface area contributed by atoms with Crippen molar-refractivity contribution >= 4 is 17.5 Å². The summed E-state index contributed by atoms with van der Waals surface area (Å²) in [6.07, 6.45) is -3.17. The van der Waals surface area contributed by atoms with Crippen LogP contribution in [0.25, 0.3) is 11.5 Å². The summed E-state index contributed by atoms with van der Waals surface area (Å²) in [6, 6.07) is 8.95. The third-order valence-electron chi connectivity index (χ3n) is 4.19. The molecule has 1 heterocycles. The summed E-state index contributed by atoms with van der Waals surface area (Å²) < 4.78 is 57.9. The van der Waals surface area contributed by atoms with Gasteiger partial charge in [-0.3, -0.25) is 4.79 Å². The number of oxazole rings is 1. The Hall–Kier alpha value is -3.40. The maximum atomic E-state index is 12.5. The molecule has 0 aliphatic heterocycles. The first-order chi connectivity index (χ1) is 15.2. The molecule has 2 aromatic carbocycles. The number of nitrogens with zero attached hydrogens (tertiary/aromatic N) is 1. The number of hydrogen-bond donors (Lipinski definition) is 1. The first kappa shape index (κ1) is 23.3. The van der Waals surface area contributed by atoms with Crippen LogP contribution in [-0.4, -0.2) is 37.9 Å². The molecule has 32 heavy (non-hydrogen) atoms. The van der Waals surface area contributed by atoms with E-state index in [0.717, 1.165) is 0 Å². The van der Waals surface area contributed by atoms with Gasteiger partial charge in [-0.15, -0.1) is 0 Å². The second kappa shape index (κ2) is 9.82. The molecule has 0 bridgehead atoms. The predicted octanol–water partition coefficient (Wildman–Crippen LogP) is 4.88. The number of hydrogen-bond acceptors (Lipinski definition) is 6. The molecule has 0 atom stereocenters. The van der Waals surface area contributed by atoms with E-state index >= 15 is 0 Å². The van der Waals surface area contributed by atoms with Crippen LogP contribution in [0.15, 0.2) is 47.1 Å². The van der Waals surface area contributed by atoms with E-state index in [2.05, 4.69) is 10.3 Å². The smallest absolute Gasteiger partial charge is 0.422 e. The van der Waals surface area contributed by atoms with Crippen LogP contribution in [0.1, 0.15) is 16.1 Å². The summed E-state index contributed by atoms with van der Waals surface area (Å²) in [4.78, 5) is 16.7. The van der Waals surface area contributed by atoms with Crippen LogP contribution in [0.4, 0.5) is 13.2 Å². The zero-order valence-electron chi connectivity index (χ0n) is 17.0. The highest BCUT2D eigenvalue weighted by molar-refractivity contribution is 6.30. The monoisotopic (exact) mass is 470 g/mol. The van der Waals surface area contributed by atoms with Crippen LogP contribution in [0, 0.1) is 0 Å². The minimum absolute atomic E-state index is 0.0434. The highest BCUT2D eigenvalue weighted by atomic mass is 35.5. The predicted molar refractivity (Wildman–Crippen MR) is 109 cm³/mol. The van der Waals surface area contributed by atoms with Gasteiger partial charge in [0.25, 0.3) is 5.91 Å². The lowest BCUT2D eigenvalue weighted by molar-refractivity contribution is -0.153. The first-order valence-corrected chi connectivity index (χ1v) is 9.52. The van der Waals surface area contributed by atoms with Crippen molar-refractivity contribution in [2.24, 2.45) is 0 Å². The molecule has 3 rings (SSSR count). The SMILES string of the molecule is COc1ccc(-c2nc(CNC(=O)c3ccc(Cl)cc3OC)co2)cc1OCC(F)(F)F. The van der Waals surface area contributed by atoms with Gasteiger partial charge in [-0.05, 0) is 36.4 Å². The van der Waals surface area contributed by atoms with Gasteiger partial charge in [-0.25, -0.2) is 4.98 Å². The van der Waals surface area contributed by atoms with Gasteiger partial charge in [0.15, 0.2) is 18.1 Å². The van der Waals surface area contributed by atoms with Crippen molar-refractivity contribution in [1.29, 1.82) is 0 Å². The lowest BCUT2D eigenvalue weighted by atomic mass is 10.2. The summed E-state index contributed by atoms with van der Waals surface area (Å²) >= 11 is 5.90. The van der Waals surface area contributed by atoms with Crippen LogP contribution in [0.5, 0.6) is 17.2 Å². The van der Waals surface area contributed by atoms with E-state index in [1.165, 1.54) is 44.7 Å². The Morgan fingerprint density at radius 3 is 2.53 bits per heavy atom. The summed E-state index contributed by atoms with van der Waals surface area (Å²) in [5, 5.41) is 3.11. The molecule has 11 heteroatoms. The number of benzene rings is 2. The molecular formula is C21H18ClF3N2O5. The largest absolute Gasteiger partial charge is 0.496 e. The zero-order chi connectivity index (χ0) is 23.3. The van der Waals surface area contributed by atoms with E-state index in [1.807, 2.05) is 0 Å². The third kappa shape index (κ3) is 5.85. The molecular weight excluding hydrogens is 453 g/mol. The second-order valence-electron chi connectivity index (χ2n) is 6.44. The standard InChI is InChI=1S/C21H18ClF3N2O5/c1-29-16-6-3-12(7-18(16)32-11-21(23,24)25)20-27-14(10-31-20)9-26-19(28)15-5-4-13(22)8-17(15)30-2/h3-8,10H,9,11H2,1-2H3,(H,26,28). The topological polar surface area (TPSA) is 82.8 Å². The van der Waals surface area contributed by atoms with E-state index in [-0.39, 0.29) is 23.9 Å². The number of ether oxygens (including phenoxy) is 3. The average Bonchev–Trinajstić information content (AvgIpc) is 3.24. The molecule has 0 saturated carbocycles. The number of halogens is 4. The Bertz CT molecular complexity index is 1100. The van der Waals surface area contributed by atoms with Gasteiger partial charge in [-0.1, -0.05) is 11.6 Å². The number of carbonyl (C=O) groups excluding carboxylic acids is 1. The molecule has 1 N–H and O–H groups in total. The quantitative estimate of drug-likeness (QED) is 0.505. The van der Waals surface area contributed by atoms with Crippen molar-refractivity contribution in [2.45, 2.75) is 12.7 Å². The van der Waals surface area contributed by atoms with E-state index in [0.29, 0.717) is 27.6 Å². The Kier molecular flexibility index (Phi) is 7.14. The van der Waals surface area contributed by atoms with Gasteiger partial charge < -0.3 is 23.9 Å². The van der Waals surface area contributed by atoms with Gasteiger partial charge >= 0.3 is 6.18 Å². The van der Waals surface area contributed by atoms with Gasteiger partial charge in [0.05, 0.1) is 32.0 Å². The van der Waals surface area contributed by atoms with Crippen LogP contribution in [-0.2, 0) is 6.54 Å². The zero-order valence-corrected chi connectivity index (χ0v) is 17.7. The van der Waals surface area contributed by atoms with Crippen molar-refractivity contribution < 1.29 is 36.6 Å². The average molecular weight is 471 g/mol. The van der Waals surface area contributed by atoms with Crippen molar-refractivity contribution in [1.82, 2.24) is 10.3 Å². The van der Waals surface area contributed by atoms with E-state index in [4.69, 9.17) is 30.2 Å². The lowest BCUT2D eigenvalue weighted by Gasteiger charge is -2.13. The number of amides is 1. The number of methoxy groups -OCH3 is 2. The number of carbonyl (C=O) groups is 1. The Morgan fingerprint density at radius 2 is 1.84 bits per heavy atom. The molecule has 0 aliphatic rings. The van der Waals surface area contributed by atoms with Gasteiger partial charge in [0.2, 0.25) is 5.89 Å². The fourth-order valence-corrected chi connectivity index (χ4v) is 2.88. The maximum Gasteiger partial charge on any atom is 0.422 e. The fourth-order valence-electron chi connectivity index (χ4n) is 2.72. The number of rotatable bonds is 8. The van der Waals surface area contributed by atoms with Crippen molar-refractivity contribution in [3.8, 4) is 28.7 Å². The molecule has 0 unspecified atom stereocenters. The molecule has 3 aromatic rings. The number of aromatic nitrogens is 1. The third-order valence-corrected chi connectivity index (χ3v) is 4.43.